The normalized spacial score (nSPS) is 10.6. The molecule has 3 aromatic heterocycles. The smallest absolute Gasteiger partial charge is 0.316 e. The van der Waals surface area contributed by atoms with Crippen LogP contribution in [0.1, 0.15) is 16.3 Å². The Hall–Kier alpha value is -3.97. The molecule has 4 rings (SSSR count). The van der Waals surface area contributed by atoms with Gasteiger partial charge in [-0.15, -0.1) is 11.3 Å². The van der Waals surface area contributed by atoms with Crippen LogP contribution >= 0.6 is 11.3 Å². The third kappa shape index (κ3) is 3.92. The van der Waals surface area contributed by atoms with Crippen molar-refractivity contribution in [3.05, 3.63) is 64.9 Å². The minimum atomic E-state index is -0.908. The summed E-state index contributed by atoms with van der Waals surface area (Å²) < 4.78 is 19.5. The lowest BCUT2D eigenvalue weighted by Gasteiger charge is -2.05. The van der Waals surface area contributed by atoms with E-state index in [1.807, 2.05) is 6.92 Å². The molecule has 0 bridgehead atoms. The van der Waals surface area contributed by atoms with Gasteiger partial charge in [0.05, 0.1) is 21.8 Å². The highest BCUT2D eigenvalue weighted by Crippen LogP contribution is 2.31. The van der Waals surface area contributed by atoms with Crippen molar-refractivity contribution >= 4 is 11.3 Å². The minimum absolute atomic E-state index is 0.185. The first-order chi connectivity index (χ1) is 14.5. The number of aryl methyl sites for hydroxylation is 1. The number of ether oxygens (including phenoxy) is 1. The summed E-state index contributed by atoms with van der Waals surface area (Å²) in [5.41, 5.74) is 1.46. The van der Waals surface area contributed by atoms with Crippen LogP contribution in [-0.4, -0.2) is 30.0 Å². The molecule has 0 aliphatic carbocycles. The molecule has 0 unspecified atom stereocenters. The summed E-state index contributed by atoms with van der Waals surface area (Å²) in [6, 6.07) is 7.87. The van der Waals surface area contributed by atoms with E-state index in [9.17, 15) is 9.50 Å². The molecular weight excluding hydrogens is 407 g/mol. The number of halogens is 1. The first-order valence-electron chi connectivity index (χ1n) is 8.67. The van der Waals surface area contributed by atoms with Gasteiger partial charge in [0.2, 0.25) is 0 Å². The molecule has 30 heavy (non-hydrogen) atoms. The summed E-state index contributed by atoms with van der Waals surface area (Å²) in [7, 11) is 0. The standard InChI is InChI=1S/C20H13FN6O2S/c1-11-18(30-16(26-11)10-29-20-24-4-2-5-25-20)15-3-6-23-19(27-15)12-7-13(9-22)17(28)14(21)8-12/h2-8,28H,10H2,1H3. The van der Waals surface area contributed by atoms with Crippen molar-refractivity contribution in [1.29, 1.82) is 5.26 Å². The molecule has 1 N–H and O–H groups in total. The summed E-state index contributed by atoms with van der Waals surface area (Å²) >= 11 is 1.40. The fourth-order valence-corrected chi connectivity index (χ4v) is 3.62. The quantitative estimate of drug-likeness (QED) is 0.520. The number of benzene rings is 1. The maximum absolute atomic E-state index is 13.9. The Balaban J connectivity index is 1.62. The SMILES string of the molecule is Cc1nc(COc2ncccn2)sc1-c1ccnc(-c2cc(F)c(O)c(C#N)c2)n1. The second kappa shape index (κ2) is 8.18. The van der Waals surface area contributed by atoms with E-state index in [4.69, 9.17) is 10.00 Å². The molecule has 148 valence electrons. The molecule has 0 aliphatic heterocycles. The molecule has 4 aromatic rings. The number of phenols is 1. The Bertz CT molecular complexity index is 1260. The Morgan fingerprint density at radius 2 is 1.97 bits per heavy atom. The molecule has 1 aromatic carbocycles. The van der Waals surface area contributed by atoms with Crippen molar-refractivity contribution in [3.63, 3.8) is 0 Å². The highest BCUT2D eigenvalue weighted by molar-refractivity contribution is 7.15. The van der Waals surface area contributed by atoms with Crippen LogP contribution in [0, 0.1) is 24.1 Å². The zero-order chi connectivity index (χ0) is 21.1. The Morgan fingerprint density at radius 3 is 2.73 bits per heavy atom. The minimum Gasteiger partial charge on any atom is -0.504 e. The monoisotopic (exact) mass is 420 g/mol. The number of nitriles is 1. The molecule has 10 heteroatoms. The molecule has 0 atom stereocenters. The number of phenolic OH excluding ortho intramolecular Hbond substituents is 1. The van der Waals surface area contributed by atoms with Crippen LogP contribution in [0.25, 0.3) is 22.0 Å². The topological polar surface area (TPSA) is 118 Å². The van der Waals surface area contributed by atoms with Gasteiger partial charge in [-0.25, -0.2) is 29.3 Å². The van der Waals surface area contributed by atoms with E-state index in [0.717, 1.165) is 21.6 Å². The average Bonchev–Trinajstić information content (AvgIpc) is 3.15. The van der Waals surface area contributed by atoms with Crippen LogP contribution < -0.4 is 4.74 Å². The Morgan fingerprint density at radius 1 is 1.17 bits per heavy atom. The molecule has 0 saturated heterocycles. The van der Waals surface area contributed by atoms with Gasteiger partial charge in [-0.3, -0.25) is 0 Å². The van der Waals surface area contributed by atoms with Gasteiger partial charge in [0.25, 0.3) is 0 Å². The van der Waals surface area contributed by atoms with Crippen LogP contribution in [0.5, 0.6) is 11.8 Å². The molecule has 0 radical (unpaired) electrons. The third-order valence-electron chi connectivity index (χ3n) is 4.04. The predicted octanol–water partition coefficient (Wildman–Crippen LogP) is 3.66. The highest BCUT2D eigenvalue weighted by atomic mass is 32.1. The molecule has 0 fully saturated rings. The second-order valence-electron chi connectivity index (χ2n) is 6.07. The van der Waals surface area contributed by atoms with E-state index in [1.54, 1.807) is 36.8 Å². The summed E-state index contributed by atoms with van der Waals surface area (Å²) in [6.45, 7) is 2.06. The van der Waals surface area contributed by atoms with E-state index in [-0.39, 0.29) is 29.6 Å². The molecule has 0 saturated carbocycles. The van der Waals surface area contributed by atoms with Crippen LogP contribution in [0.4, 0.5) is 4.39 Å². The lowest BCUT2D eigenvalue weighted by Crippen LogP contribution is -1.98. The van der Waals surface area contributed by atoms with Crippen molar-refractivity contribution in [2.75, 3.05) is 0 Å². The summed E-state index contributed by atoms with van der Waals surface area (Å²) in [4.78, 5) is 22.0. The van der Waals surface area contributed by atoms with Crippen LogP contribution in [0.3, 0.4) is 0 Å². The van der Waals surface area contributed by atoms with E-state index in [1.165, 1.54) is 17.4 Å². The van der Waals surface area contributed by atoms with Crippen LogP contribution in [0.15, 0.2) is 42.9 Å². The van der Waals surface area contributed by atoms with Gasteiger partial charge in [-0.2, -0.15) is 5.26 Å². The van der Waals surface area contributed by atoms with Crippen LogP contribution in [-0.2, 0) is 6.61 Å². The summed E-state index contributed by atoms with van der Waals surface area (Å²) in [5, 5.41) is 19.4. The van der Waals surface area contributed by atoms with Crippen molar-refractivity contribution in [2.24, 2.45) is 0 Å². The number of aromatic hydroxyl groups is 1. The number of rotatable bonds is 5. The fourth-order valence-electron chi connectivity index (χ4n) is 2.68. The van der Waals surface area contributed by atoms with Crippen molar-refractivity contribution in [1.82, 2.24) is 24.9 Å². The molecule has 0 amide bonds. The first-order valence-corrected chi connectivity index (χ1v) is 9.49. The van der Waals surface area contributed by atoms with Crippen molar-refractivity contribution < 1.29 is 14.2 Å². The van der Waals surface area contributed by atoms with Crippen LogP contribution in [0.2, 0.25) is 0 Å². The van der Waals surface area contributed by atoms with E-state index < -0.39 is 11.6 Å². The maximum atomic E-state index is 13.9. The second-order valence-corrected chi connectivity index (χ2v) is 7.16. The van der Waals surface area contributed by atoms with Gasteiger partial charge < -0.3 is 9.84 Å². The van der Waals surface area contributed by atoms with Gasteiger partial charge in [-0.1, -0.05) is 0 Å². The van der Waals surface area contributed by atoms with Gasteiger partial charge in [0.15, 0.2) is 17.4 Å². The van der Waals surface area contributed by atoms with Gasteiger partial charge in [0.1, 0.15) is 17.7 Å². The number of nitrogens with zero attached hydrogens (tertiary/aromatic N) is 6. The molecule has 0 spiro atoms. The number of thiazole rings is 1. The lowest BCUT2D eigenvalue weighted by atomic mass is 10.1. The first kappa shape index (κ1) is 19.4. The van der Waals surface area contributed by atoms with E-state index >= 15 is 0 Å². The Labute approximate surface area is 174 Å². The number of hydrogen-bond donors (Lipinski definition) is 1. The highest BCUT2D eigenvalue weighted by Gasteiger charge is 2.16. The molecule has 8 nitrogen and oxygen atoms in total. The zero-order valence-electron chi connectivity index (χ0n) is 15.6. The lowest BCUT2D eigenvalue weighted by molar-refractivity contribution is 0.280. The predicted molar refractivity (Wildman–Crippen MR) is 106 cm³/mol. The third-order valence-corrected chi connectivity index (χ3v) is 5.19. The summed E-state index contributed by atoms with van der Waals surface area (Å²) in [6.07, 6.45) is 4.72. The maximum Gasteiger partial charge on any atom is 0.316 e. The molecule has 3 heterocycles. The van der Waals surface area contributed by atoms with E-state index in [0.29, 0.717) is 5.69 Å². The van der Waals surface area contributed by atoms with Crippen molar-refractivity contribution in [2.45, 2.75) is 13.5 Å². The zero-order valence-corrected chi connectivity index (χ0v) is 16.4. The van der Waals surface area contributed by atoms with Crippen molar-refractivity contribution in [3.8, 4) is 39.8 Å². The average molecular weight is 420 g/mol. The van der Waals surface area contributed by atoms with Gasteiger partial charge in [0, 0.05) is 24.2 Å². The molecular formula is C20H13FN6O2S. The number of aromatic nitrogens is 5. The number of hydrogen-bond acceptors (Lipinski definition) is 9. The van der Waals surface area contributed by atoms with E-state index in [2.05, 4.69) is 24.9 Å². The largest absolute Gasteiger partial charge is 0.504 e. The van der Waals surface area contributed by atoms with Gasteiger partial charge in [-0.05, 0) is 31.2 Å². The molecule has 0 aliphatic rings. The summed E-state index contributed by atoms with van der Waals surface area (Å²) in [5.74, 6) is -1.37. The van der Waals surface area contributed by atoms with Gasteiger partial charge >= 0.3 is 6.01 Å². The Kier molecular flexibility index (Phi) is 5.28. The fraction of sp³-hybridized carbons (Fsp3) is 0.100.